The minimum atomic E-state index is 0. The van der Waals surface area contributed by atoms with Gasteiger partial charge in [-0.05, 0) is 18.6 Å². The summed E-state index contributed by atoms with van der Waals surface area (Å²) in [6.45, 7) is 1.93. The molecule has 0 saturated heterocycles. The Morgan fingerprint density at radius 1 is 1.26 bits per heavy atom. The van der Waals surface area contributed by atoms with Crippen LogP contribution in [0.2, 0.25) is 0 Å². The molecule has 3 N–H and O–H groups in total. The smallest absolute Gasteiger partial charge is 0.180 e. The molecule has 1 aromatic carbocycles. The zero-order chi connectivity index (χ0) is 13.3. The molecule has 2 rings (SSSR count). The number of rotatable bonds is 3. The second kappa shape index (κ2) is 5.99. The van der Waals surface area contributed by atoms with Crippen molar-refractivity contribution in [3.63, 3.8) is 0 Å². The fourth-order valence-electron chi connectivity index (χ4n) is 1.84. The van der Waals surface area contributed by atoms with Crippen LogP contribution in [0.25, 0.3) is 10.1 Å². The first-order chi connectivity index (χ1) is 8.62. The first-order valence-corrected chi connectivity index (χ1v) is 6.07. The van der Waals surface area contributed by atoms with E-state index in [2.05, 4.69) is 5.16 Å². The molecule has 1 heterocycles. The Bertz CT molecular complexity index is 625. The number of benzene rings is 1. The van der Waals surface area contributed by atoms with Crippen LogP contribution in [0.3, 0.4) is 0 Å². The molecule has 0 spiro atoms. The van der Waals surface area contributed by atoms with Gasteiger partial charge in [-0.15, -0.1) is 23.7 Å². The maximum absolute atomic E-state index is 8.76. The molecule has 0 aliphatic rings. The lowest BCUT2D eigenvalue weighted by Gasteiger charge is -2.07. The Morgan fingerprint density at radius 3 is 2.37 bits per heavy atom. The number of fused-ring (bicyclic) bond motifs is 1. The summed E-state index contributed by atoms with van der Waals surface area (Å²) in [4.78, 5) is 0.753. The summed E-state index contributed by atoms with van der Waals surface area (Å²) in [7, 11) is 3.18. The molecule has 0 unspecified atom stereocenters. The van der Waals surface area contributed by atoms with Crippen molar-refractivity contribution in [1.82, 2.24) is 0 Å². The van der Waals surface area contributed by atoms with E-state index in [1.165, 1.54) is 11.3 Å². The van der Waals surface area contributed by atoms with Crippen LogP contribution >= 0.6 is 23.7 Å². The third-order valence-electron chi connectivity index (χ3n) is 2.78. The normalized spacial score (nSPS) is 11.2. The zero-order valence-electron chi connectivity index (χ0n) is 10.8. The summed E-state index contributed by atoms with van der Waals surface area (Å²) in [6, 6.07) is 3.79. The molecular weight excluding hydrogens is 288 g/mol. The van der Waals surface area contributed by atoms with Gasteiger partial charge in [0.25, 0.3) is 0 Å². The first kappa shape index (κ1) is 15.4. The Labute approximate surface area is 121 Å². The van der Waals surface area contributed by atoms with Gasteiger partial charge in [-0.25, -0.2) is 0 Å². The number of ether oxygens (including phenoxy) is 2. The molecule has 5 nitrogen and oxygen atoms in total. The predicted octanol–water partition coefficient (Wildman–Crippen LogP) is 2.74. The average Bonchev–Trinajstić information content (AvgIpc) is 2.73. The Morgan fingerprint density at radius 2 is 1.84 bits per heavy atom. The number of hydrogen-bond donors (Lipinski definition) is 2. The van der Waals surface area contributed by atoms with E-state index >= 15 is 0 Å². The van der Waals surface area contributed by atoms with Crippen molar-refractivity contribution < 1.29 is 14.7 Å². The van der Waals surface area contributed by atoms with Gasteiger partial charge in [0.1, 0.15) is 0 Å². The highest BCUT2D eigenvalue weighted by atomic mass is 35.5. The summed E-state index contributed by atoms with van der Waals surface area (Å²) < 4.78 is 11.5. The number of methoxy groups -OCH3 is 2. The summed E-state index contributed by atoms with van der Waals surface area (Å²) in [6.07, 6.45) is 0. The van der Waals surface area contributed by atoms with Crippen LogP contribution in [-0.2, 0) is 0 Å². The highest BCUT2D eigenvalue weighted by Gasteiger charge is 2.15. The summed E-state index contributed by atoms with van der Waals surface area (Å²) in [5.41, 5.74) is 6.61. The number of nitrogens with zero attached hydrogens (tertiary/aromatic N) is 1. The Balaban J connectivity index is 0.00000180. The second-order valence-electron chi connectivity index (χ2n) is 3.74. The van der Waals surface area contributed by atoms with E-state index in [4.69, 9.17) is 20.4 Å². The van der Waals surface area contributed by atoms with Crippen molar-refractivity contribution in [1.29, 1.82) is 0 Å². The average molecular weight is 303 g/mol. The standard InChI is InChI=1S/C12H14N2O3S.ClH/c1-6-7-4-8(16-2)9(17-3)5-10(7)18-11(6)12(13)14-15;/h4-5,15H,1-3H3,(H2,13,14);1H. The minimum Gasteiger partial charge on any atom is -0.493 e. The quantitative estimate of drug-likeness (QED) is 0.395. The maximum Gasteiger partial charge on any atom is 0.180 e. The monoisotopic (exact) mass is 302 g/mol. The number of hydrogen-bond acceptors (Lipinski definition) is 5. The van der Waals surface area contributed by atoms with Crippen molar-refractivity contribution >= 4 is 39.7 Å². The SMILES string of the molecule is COc1cc2sc(/C(N)=N\O)c(C)c2cc1OC.Cl. The lowest BCUT2D eigenvalue weighted by molar-refractivity contribution is 0.319. The predicted molar refractivity (Wildman–Crippen MR) is 79.4 cm³/mol. The lowest BCUT2D eigenvalue weighted by Crippen LogP contribution is -2.12. The molecule has 1 aromatic heterocycles. The van der Waals surface area contributed by atoms with Crippen LogP contribution in [0.5, 0.6) is 11.5 Å². The third kappa shape index (κ3) is 2.54. The highest BCUT2D eigenvalue weighted by molar-refractivity contribution is 7.21. The van der Waals surface area contributed by atoms with E-state index in [1.54, 1.807) is 14.2 Å². The zero-order valence-corrected chi connectivity index (χ0v) is 12.4. The van der Waals surface area contributed by atoms with Crippen LogP contribution in [-0.4, -0.2) is 25.3 Å². The van der Waals surface area contributed by atoms with E-state index in [0.717, 1.165) is 20.5 Å². The molecule has 0 aliphatic heterocycles. The van der Waals surface area contributed by atoms with E-state index in [-0.39, 0.29) is 18.2 Å². The molecule has 0 radical (unpaired) electrons. The topological polar surface area (TPSA) is 77.1 Å². The van der Waals surface area contributed by atoms with Gasteiger partial charge in [-0.2, -0.15) is 0 Å². The van der Waals surface area contributed by atoms with Crippen LogP contribution in [0, 0.1) is 6.92 Å². The molecule has 19 heavy (non-hydrogen) atoms. The second-order valence-corrected chi connectivity index (χ2v) is 4.80. The van der Waals surface area contributed by atoms with Crippen molar-refractivity contribution in [3.8, 4) is 11.5 Å². The maximum atomic E-state index is 8.76. The van der Waals surface area contributed by atoms with Crippen molar-refractivity contribution in [2.45, 2.75) is 6.92 Å². The van der Waals surface area contributed by atoms with Gasteiger partial charge >= 0.3 is 0 Å². The molecular formula is C12H15ClN2O3S. The molecule has 0 saturated carbocycles. The van der Waals surface area contributed by atoms with E-state index in [9.17, 15) is 0 Å². The summed E-state index contributed by atoms with van der Waals surface area (Å²) in [5, 5.41) is 12.8. The molecule has 0 amide bonds. The number of aryl methyl sites for hydroxylation is 1. The Hall–Kier alpha value is -1.66. The van der Waals surface area contributed by atoms with Crippen molar-refractivity contribution in [3.05, 3.63) is 22.6 Å². The van der Waals surface area contributed by atoms with E-state index in [1.807, 2.05) is 19.1 Å². The molecule has 0 fully saturated rings. The van der Waals surface area contributed by atoms with Gasteiger partial charge in [0.15, 0.2) is 17.3 Å². The molecule has 0 bridgehead atoms. The summed E-state index contributed by atoms with van der Waals surface area (Å²) >= 11 is 1.45. The van der Waals surface area contributed by atoms with E-state index in [0.29, 0.717) is 11.5 Å². The van der Waals surface area contributed by atoms with Gasteiger partial charge in [0.2, 0.25) is 0 Å². The molecule has 0 atom stereocenters. The summed E-state index contributed by atoms with van der Waals surface area (Å²) in [5.74, 6) is 1.45. The number of oxime groups is 1. The Kier molecular flexibility index (Phi) is 4.85. The lowest BCUT2D eigenvalue weighted by atomic mass is 10.1. The van der Waals surface area contributed by atoms with Gasteiger partial charge < -0.3 is 20.4 Å². The van der Waals surface area contributed by atoms with Gasteiger partial charge in [-0.3, -0.25) is 0 Å². The van der Waals surface area contributed by atoms with Gasteiger partial charge in [-0.1, -0.05) is 5.16 Å². The first-order valence-electron chi connectivity index (χ1n) is 5.25. The number of thiophene rings is 1. The van der Waals surface area contributed by atoms with E-state index < -0.39 is 0 Å². The largest absolute Gasteiger partial charge is 0.493 e. The molecule has 0 aliphatic carbocycles. The van der Waals surface area contributed by atoms with Crippen LogP contribution in [0.4, 0.5) is 0 Å². The molecule has 7 heteroatoms. The fraction of sp³-hybridized carbons (Fsp3) is 0.250. The van der Waals surface area contributed by atoms with Gasteiger partial charge in [0, 0.05) is 16.2 Å². The number of amidine groups is 1. The fourth-order valence-corrected chi connectivity index (χ4v) is 2.95. The van der Waals surface area contributed by atoms with Crippen molar-refractivity contribution in [2.24, 2.45) is 10.9 Å². The third-order valence-corrected chi connectivity index (χ3v) is 4.06. The van der Waals surface area contributed by atoms with Crippen LogP contribution in [0.1, 0.15) is 10.4 Å². The van der Waals surface area contributed by atoms with Gasteiger partial charge in [0.05, 0.1) is 19.1 Å². The number of halogens is 1. The number of nitrogens with two attached hydrogens (primary N) is 1. The van der Waals surface area contributed by atoms with Crippen molar-refractivity contribution in [2.75, 3.05) is 14.2 Å². The minimum absolute atomic E-state index is 0. The highest BCUT2D eigenvalue weighted by Crippen LogP contribution is 2.38. The molecule has 2 aromatic rings. The molecule has 104 valence electrons. The van der Waals surface area contributed by atoms with Crippen LogP contribution in [0.15, 0.2) is 17.3 Å². The van der Waals surface area contributed by atoms with Crippen LogP contribution < -0.4 is 15.2 Å².